The Hall–Kier alpha value is -2.57. The fourth-order valence-corrected chi connectivity index (χ4v) is 2.06. The molecular weight excluding hydrogens is 348 g/mol. The number of rotatable bonds is 7. The molecule has 2 atom stereocenters. The fraction of sp³-hybridized carbons (Fsp3) is 0.550. The molecule has 0 bridgehead atoms. The number of carbonyl (C=O) groups is 2. The molecule has 0 aliphatic heterocycles. The predicted octanol–water partition coefficient (Wildman–Crippen LogP) is 3.25. The quantitative estimate of drug-likeness (QED) is 0.259. The molecule has 0 aliphatic carbocycles. The Balaban J connectivity index is 2.69. The number of nitrogens with zero attached hydrogens (tertiary/aromatic N) is 1. The minimum atomic E-state index is -1.02. The van der Waals surface area contributed by atoms with Crippen LogP contribution in [0.25, 0.3) is 0 Å². The largest absolute Gasteiger partial charge is 0.623 e. The molecule has 0 aromatic heterocycles. The molecule has 0 radical (unpaired) electrons. The van der Waals surface area contributed by atoms with Crippen molar-refractivity contribution in [1.82, 2.24) is 5.32 Å². The molecule has 1 aromatic rings. The lowest BCUT2D eigenvalue weighted by molar-refractivity contribution is -0.483. The average molecular weight is 378 g/mol. The maximum absolute atomic E-state index is 12.3. The highest BCUT2D eigenvalue weighted by molar-refractivity contribution is 5.77. The van der Waals surface area contributed by atoms with E-state index in [1.54, 1.807) is 20.8 Å². The van der Waals surface area contributed by atoms with Crippen LogP contribution in [0.1, 0.15) is 47.1 Å². The van der Waals surface area contributed by atoms with E-state index in [1.165, 1.54) is 13.1 Å². The van der Waals surface area contributed by atoms with Crippen LogP contribution in [0.5, 0.6) is 0 Å². The Morgan fingerprint density at radius 1 is 1.19 bits per heavy atom. The molecule has 1 N–H and O–H groups in total. The molecule has 1 aromatic carbocycles. The van der Waals surface area contributed by atoms with Crippen LogP contribution in [0.2, 0.25) is 0 Å². The van der Waals surface area contributed by atoms with Gasteiger partial charge in [-0.15, -0.1) is 0 Å². The van der Waals surface area contributed by atoms with E-state index in [4.69, 9.17) is 9.47 Å². The third-order valence-corrected chi connectivity index (χ3v) is 3.65. The minimum Gasteiger partial charge on any atom is -0.623 e. The molecule has 0 spiro atoms. The fourth-order valence-electron chi connectivity index (χ4n) is 2.06. The standard InChI is InChI=1S/C20H30N2O5/c1-14(2)17(12-22(25)15(3)18(23)27-20(4,5)6)21-19(24)26-13-16-10-8-7-9-11-16/h7-12,14-15,17H,13H2,1-6H3,(H,21,24)/b22-12-/t15-,17+/m0/s1. The first-order valence-corrected chi connectivity index (χ1v) is 9.00. The summed E-state index contributed by atoms with van der Waals surface area (Å²) in [5, 5.41) is 15.0. The van der Waals surface area contributed by atoms with E-state index in [2.05, 4.69) is 5.32 Å². The number of hydrogen-bond donors (Lipinski definition) is 1. The topological polar surface area (TPSA) is 90.7 Å². The normalized spacial score (nSPS) is 14.4. The molecule has 7 heteroatoms. The lowest BCUT2D eigenvalue weighted by Gasteiger charge is -2.23. The second kappa shape index (κ2) is 9.94. The summed E-state index contributed by atoms with van der Waals surface area (Å²) in [4.78, 5) is 24.1. The molecule has 27 heavy (non-hydrogen) atoms. The van der Waals surface area contributed by atoms with Crippen LogP contribution in [-0.2, 0) is 20.9 Å². The number of alkyl carbamates (subject to hydrolysis) is 1. The molecule has 1 amide bonds. The van der Waals surface area contributed by atoms with Gasteiger partial charge in [-0.25, -0.2) is 9.59 Å². The van der Waals surface area contributed by atoms with Crippen molar-refractivity contribution >= 4 is 18.3 Å². The van der Waals surface area contributed by atoms with E-state index in [0.717, 1.165) is 5.56 Å². The summed E-state index contributed by atoms with van der Waals surface area (Å²) >= 11 is 0. The number of hydroxylamine groups is 1. The summed E-state index contributed by atoms with van der Waals surface area (Å²) in [5.41, 5.74) is 0.185. The van der Waals surface area contributed by atoms with Crippen LogP contribution in [0, 0.1) is 11.1 Å². The minimum absolute atomic E-state index is 0.0726. The van der Waals surface area contributed by atoms with Crippen molar-refractivity contribution < 1.29 is 23.8 Å². The highest BCUT2D eigenvalue weighted by atomic mass is 16.6. The smallest absolute Gasteiger partial charge is 0.408 e. The van der Waals surface area contributed by atoms with Gasteiger partial charge in [-0.3, -0.25) is 0 Å². The Bertz CT molecular complexity index is 650. The van der Waals surface area contributed by atoms with E-state index in [0.29, 0.717) is 4.74 Å². The zero-order valence-electron chi connectivity index (χ0n) is 16.9. The summed E-state index contributed by atoms with van der Waals surface area (Å²) < 4.78 is 10.9. The van der Waals surface area contributed by atoms with Crippen LogP contribution in [0.3, 0.4) is 0 Å². The number of carbonyl (C=O) groups excluding carboxylic acids is 2. The van der Waals surface area contributed by atoms with Crippen LogP contribution >= 0.6 is 0 Å². The van der Waals surface area contributed by atoms with Crippen molar-refractivity contribution in [3.05, 3.63) is 41.1 Å². The van der Waals surface area contributed by atoms with Crippen LogP contribution in [-0.4, -0.2) is 40.7 Å². The van der Waals surface area contributed by atoms with Crippen molar-refractivity contribution in [1.29, 1.82) is 0 Å². The van der Waals surface area contributed by atoms with Gasteiger partial charge in [0.15, 0.2) is 6.21 Å². The Kier molecular flexibility index (Phi) is 8.28. The van der Waals surface area contributed by atoms with E-state index >= 15 is 0 Å². The van der Waals surface area contributed by atoms with Gasteiger partial charge in [0.2, 0.25) is 0 Å². The SMILES string of the molecule is CC(C)[C@@H](/C=[N+](\[O-])[C@@H](C)C(=O)OC(C)(C)C)NC(=O)OCc1ccccc1. The first-order valence-electron chi connectivity index (χ1n) is 9.00. The first kappa shape index (κ1) is 22.5. The lowest BCUT2D eigenvalue weighted by atomic mass is 10.1. The summed E-state index contributed by atoms with van der Waals surface area (Å²) in [6.07, 6.45) is 0.635. The molecule has 7 nitrogen and oxygen atoms in total. The van der Waals surface area contributed by atoms with E-state index < -0.39 is 29.7 Å². The second-order valence-corrected chi connectivity index (χ2v) is 7.69. The number of ether oxygens (including phenoxy) is 2. The van der Waals surface area contributed by atoms with Crippen molar-refractivity contribution in [2.75, 3.05) is 0 Å². The van der Waals surface area contributed by atoms with Crippen LogP contribution < -0.4 is 5.32 Å². The molecule has 0 heterocycles. The van der Waals surface area contributed by atoms with Crippen molar-refractivity contribution in [2.45, 2.75) is 65.8 Å². The van der Waals surface area contributed by atoms with Gasteiger partial charge < -0.3 is 20.0 Å². The number of hydrogen-bond acceptors (Lipinski definition) is 5. The van der Waals surface area contributed by atoms with Gasteiger partial charge in [-0.2, -0.15) is 4.74 Å². The first-order chi connectivity index (χ1) is 12.5. The van der Waals surface area contributed by atoms with E-state index in [-0.39, 0.29) is 12.5 Å². The van der Waals surface area contributed by atoms with Crippen molar-refractivity contribution in [3.8, 4) is 0 Å². The van der Waals surface area contributed by atoms with Crippen molar-refractivity contribution in [3.63, 3.8) is 0 Å². The lowest BCUT2D eigenvalue weighted by Crippen LogP contribution is -2.44. The molecule has 0 saturated heterocycles. The molecule has 0 aliphatic rings. The third kappa shape index (κ3) is 8.57. The molecule has 0 unspecified atom stereocenters. The van der Waals surface area contributed by atoms with Gasteiger partial charge in [0.1, 0.15) is 18.2 Å². The second-order valence-electron chi connectivity index (χ2n) is 7.69. The van der Waals surface area contributed by atoms with Gasteiger partial charge in [-0.05, 0) is 32.3 Å². The van der Waals surface area contributed by atoms with Gasteiger partial charge in [0, 0.05) is 6.92 Å². The third-order valence-electron chi connectivity index (χ3n) is 3.65. The summed E-state index contributed by atoms with van der Waals surface area (Å²) in [6.45, 7) is 10.5. The summed E-state index contributed by atoms with van der Waals surface area (Å²) in [7, 11) is 0. The van der Waals surface area contributed by atoms with Crippen LogP contribution in [0.15, 0.2) is 30.3 Å². The summed E-state index contributed by atoms with van der Waals surface area (Å²) in [5.74, 6) is -0.695. The van der Waals surface area contributed by atoms with E-state index in [9.17, 15) is 14.8 Å². The average Bonchev–Trinajstić information content (AvgIpc) is 2.57. The molecule has 0 saturated carbocycles. The Morgan fingerprint density at radius 2 is 1.78 bits per heavy atom. The van der Waals surface area contributed by atoms with Gasteiger partial charge in [0.05, 0.1) is 0 Å². The molecule has 0 fully saturated rings. The van der Waals surface area contributed by atoms with Crippen molar-refractivity contribution in [2.24, 2.45) is 5.92 Å². The van der Waals surface area contributed by atoms with Crippen LogP contribution in [0.4, 0.5) is 4.79 Å². The predicted molar refractivity (Wildman–Crippen MR) is 103 cm³/mol. The number of amides is 1. The molecule has 1 rings (SSSR count). The zero-order valence-corrected chi connectivity index (χ0v) is 16.9. The summed E-state index contributed by atoms with van der Waals surface area (Å²) in [6, 6.07) is 7.68. The Morgan fingerprint density at radius 3 is 2.30 bits per heavy atom. The molecule has 150 valence electrons. The van der Waals surface area contributed by atoms with Gasteiger partial charge in [0.25, 0.3) is 6.04 Å². The monoisotopic (exact) mass is 378 g/mol. The highest BCUT2D eigenvalue weighted by Gasteiger charge is 2.28. The maximum Gasteiger partial charge on any atom is 0.408 e. The maximum atomic E-state index is 12.3. The molecular formula is C20H30N2O5. The number of nitrogens with one attached hydrogen (secondary N) is 1. The van der Waals surface area contributed by atoms with Gasteiger partial charge >= 0.3 is 12.1 Å². The highest BCUT2D eigenvalue weighted by Crippen LogP contribution is 2.10. The Labute approximate surface area is 160 Å². The van der Waals surface area contributed by atoms with Gasteiger partial charge in [-0.1, -0.05) is 44.2 Å². The van der Waals surface area contributed by atoms with E-state index in [1.807, 2.05) is 44.2 Å². The number of esters is 1. The number of benzene rings is 1. The zero-order chi connectivity index (χ0) is 20.6.